The Bertz CT molecular complexity index is 909. The lowest BCUT2D eigenvalue weighted by molar-refractivity contribution is -0.200. The highest BCUT2D eigenvalue weighted by atomic mass is 16.8. The summed E-state index contributed by atoms with van der Waals surface area (Å²) in [6.07, 6.45) is 0.101. The van der Waals surface area contributed by atoms with Gasteiger partial charge in [0, 0.05) is 6.20 Å². The fourth-order valence-corrected chi connectivity index (χ4v) is 3.31. The van der Waals surface area contributed by atoms with Crippen molar-refractivity contribution in [3.63, 3.8) is 0 Å². The average Bonchev–Trinajstić information content (AvgIpc) is 3.36. The molecular weight excluding hydrogens is 374 g/mol. The smallest absolute Gasteiger partial charge is 0.374 e. The second-order valence-electron chi connectivity index (χ2n) is 6.82. The Morgan fingerprint density at radius 2 is 2.14 bits per heavy atom. The Labute approximate surface area is 158 Å². The number of anilines is 1. The van der Waals surface area contributed by atoms with Crippen LogP contribution in [0.2, 0.25) is 0 Å². The standard InChI is InChI=1S/C17H19N3O8/c1-17(2)27-12-10(8-25-15(21)9-4-3-7-24-9)26-14(13(12)28-17)20-6-5-11(19-23)18-16(20)22/h3-7,10,12-14,23H,8H2,1-2H3,(H,18,19,22)/t10-,12-,13-,14-/m1/s1. The zero-order chi connectivity index (χ0) is 19.9. The lowest BCUT2D eigenvalue weighted by Gasteiger charge is -2.24. The van der Waals surface area contributed by atoms with Gasteiger partial charge in [-0.25, -0.2) is 9.59 Å². The number of rotatable bonds is 5. The van der Waals surface area contributed by atoms with Crippen molar-refractivity contribution >= 4 is 11.8 Å². The number of ether oxygens (including phenoxy) is 4. The summed E-state index contributed by atoms with van der Waals surface area (Å²) in [4.78, 5) is 28.0. The highest BCUT2D eigenvalue weighted by Crippen LogP contribution is 2.42. The van der Waals surface area contributed by atoms with Crippen molar-refractivity contribution in [1.29, 1.82) is 0 Å². The summed E-state index contributed by atoms with van der Waals surface area (Å²) in [5.41, 5.74) is 1.16. The first-order valence-corrected chi connectivity index (χ1v) is 8.59. The minimum Gasteiger partial charge on any atom is -0.457 e. The third kappa shape index (κ3) is 3.40. The van der Waals surface area contributed by atoms with E-state index in [1.807, 2.05) is 5.48 Å². The highest BCUT2D eigenvalue weighted by Gasteiger charge is 2.56. The maximum Gasteiger partial charge on any atom is 0.374 e. The van der Waals surface area contributed by atoms with Crippen LogP contribution < -0.4 is 11.2 Å². The van der Waals surface area contributed by atoms with E-state index in [1.54, 1.807) is 19.9 Å². The number of nitrogens with one attached hydrogen (secondary N) is 1. The van der Waals surface area contributed by atoms with Crippen molar-refractivity contribution in [2.45, 2.75) is 44.2 Å². The van der Waals surface area contributed by atoms with Gasteiger partial charge in [0.1, 0.15) is 24.9 Å². The van der Waals surface area contributed by atoms with E-state index in [0.29, 0.717) is 0 Å². The predicted octanol–water partition coefficient (Wildman–Crippen LogP) is 0.912. The second kappa shape index (κ2) is 7.02. The Kier molecular flexibility index (Phi) is 4.67. The molecule has 2 aliphatic heterocycles. The van der Waals surface area contributed by atoms with Gasteiger partial charge < -0.3 is 23.4 Å². The summed E-state index contributed by atoms with van der Waals surface area (Å²) in [5.74, 6) is -1.46. The van der Waals surface area contributed by atoms with Crippen molar-refractivity contribution in [1.82, 2.24) is 9.55 Å². The molecule has 0 saturated carbocycles. The molecule has 2 saturated heterocycles. The summed E-state index contributed by atoms with van der Waals surface area (Å²) in [6, 6.07) is 4.48. The van der Waals surface area contributed by atoms with E-state index < -0.39 is 42.0 Å². The SMILES string of the molecule is CC1(C)O[C@@H]2[C@H](O1)[C@@H](COC(=O)c1ccco1)O[C@H]2n1ccc(NO)nc1=O. The molecule has 0 radical (unpaired) electrons. The van der Waals surface area contributed by atoms with Gasteiger partial charge >= 0.3 is 11.7 Å². The number of aromatic nitrogens is 2. The van der Waals surface area contributed by atoms with Gasteiger partial charge in [-0.1, -0.05) is 0 Å². The van der Waals surface area contributed by atoms with Gasteiger partial charge in [0.05, 0.1) is 6.26 Å². The summed E-state index contributed by atoms with van der Waals surface area (Å²) in [7, 11) is 0. The zero-order valence-electron chi connectivity index (χ0n) is 15.1. The van der Waals surface area contributed by atoms with Crippen molar-refractivity contribution in [3.8, 4) is 0 Å². The van der Waals surface area contributed by atoms with Crippen molar-refractivity contribution in [2.24, 2.45) is 0 Å². The average molecular weight is 393 g/mol. The van der Waals surface area contributed by atoms with Crippen LogP contribution in [0.1, 0.15) is 30.6 Å². The maximum atomic E-state index is 12.3. The van der Waals surface area contributed by atoms with Crippen molar-refractivity contribution < 1.29 is 33.4 Å². The molecule has 0 aromatic carbocycles. The molecule has 2 N–H and O–H groups in total. The molecule has 2 aromatic heterocycles. The molecule has 4 atom stereocenters. The normalized spacial score (nSPS) is 28.1. The minimum absolute atomic E-state index is 0.00337. The van der Waals surface area contributed by atoms with Crippen LogP contribution in [0.15, 0.2) is 39.9 Å². The summed E-state index contributed by atoms with van der Waals surface area (Å²) in [5, 5.41) is 8.89. The van der Waals surface area contributed by atoms with Crippen LogP contribution in [-0.2, 0) is 18.9 Å². The lowest BCUT2D eigenvalue weighted by Crippen LogP contribution is -2.34. The third-order valence-corrected chi connectivity index (χ3v) is 4.45. The van der Waals surface area contributed by atoms with E-state index in [9.17, 15) is 9.59 Å². The summed E-state index contributed by atoms with van der Waals surface area (Å²) >= 11 is 0. The molecule has 28 heavy (non-hydrogen) atoms. The Hall–Kier alpha value is -2.73. The molecular formula is C17H19N3O8. The van der Waals surface area contributed by atoms with Gasteiger partial charge in [0.25, 0.3) is 0 Å². The number of hydrogen-bond donors (Lipinski definition) is 2. The molecule has 0 unspecified atom stereocenters. The van der Waals surface area contributed by atoms with Crippen LogP contribution in [0.25, 0.3) is 0 Å². The fourth-order valence-electron chi connectivity index (χ4n) is 3.31. The van der Waals surface area contributed by atoms with Gasteiger partial charge in [0.2, 0.25) is 5.76 Å². The van der Waals surface area contributed by atoms with E-state index in [2.05, 4.69) is 4.98 Å². The molecule has 4 rings (SSSR count). The number of nitrogens with zero attached hydrogens (tertiary/aromatic N) is 2. The largest absolute Gasteiger partial charge is 0.457 e. The fraction of sp³-hybridized carbons (Fsp3) is 0.471. The first-order valence-electron chi connectivity index (χ1n) is 8.59. The molecule has 0 aliphatic carbocycles. The lowest BCUT2D eigenvalue weighted by atomic mass is 10.1. The van der Waals surface area contributed by atoms with Crippen LogP contribution in [0.3, 0.4) is 0 Å². The molecule has 2 aliphatic rings. The number of furan rings is 1. The molecule has 0 amide bonds. The predicted molar refractivity (Wildman–Crippen MR) is 90.6 cm³/mol. The number of hydrogen-bond acceptors (Lipinski definition) is 10. The Morgan fingerprint density at radius 3 is 2.82 bits per heavy atom. The van der Waals surface area contributed by atoms with Crippen LogP contribution in [0, 0.1) is 0 Å². The molecule has 150 valence electrons. The summed E-state index contributed by atoms with van der Waals surface area (Å²) < 4.78 is 29.2. The van der Waals surface area contributed by atoms with Crippen LogP contribution in [0.5, 0.6) is 0 Å². The summed E-state index contributed by atoms with van der Waals surface area (Å²) in [6.45, 7) is 3.37. The van der Waals surface area contributed by atoms with E-state index in [-0.39, 0.29) is 18.2 Å². The number of carbonyl (C=O) groups excluding carboxylic acids is 1. The Morgan fingerprint density at radius 1 is 1.36 bits per heavy atom. The third-order valence-electron chi connectivity index (χ3n) is 4.45. The maximum absolute atomic E-state index is 12.3. The van der Waals surface area contributed by atoms with Crippen molar-refractivity contribution in [3.05, 3.63) is 46.9 Å². The van der Waals surface area contributed by atoms with E-state index in [0.717, 1.165) is 0 Å². The first kappa shape index (κ1) is 18.6. The van der Waals surface area contributed by atoms with Gasteiger partial charge in [0.15, 0.2) is 17.8 Å². The molecule has 11 heteroatoms. The van der Waals surface area contributed by atoms with E-state index in [1.165, 1.54) is 29.2 Å². The molecule has 0 bridgehead atoms. The number of fused-ring (bicyclic) bond motifs is 1. The molecule has 2 aromatic rings. The van der Waals surface area contributed by atoms with Crippen LogP contribution >= 0.6 is 0 Å². The molecule has 0 spiro atoms. The first-order chi connectivity index (χ1) is 13.4. The minimum atomic E-state index is -0.899. The quantitative estimate of drug-likeness (QED) is 0.557. The number of esters is 1. The highest BCUT2D eigenvalue weighted by molar-refractivity contribution is 5.86. The Balaban J connectivity index is 1.54. The number of carbonyl (C=O) groups is 1. The molecule has 11 nitrogen and oxygen atoms in total. The second-order valence-corrected chi connectivity index (χ2v) is 6.82. The van der Waals surface area contributed by atoms with Gasteiger partial charge in [-0.2, -0.15) is 4.98 Å². The van der Waals surface area contributed by atoms with Crippen LogP contribution in [-0.4, -0.2) is 51.4 Å². The van der Waals surface area contributed by atoms with Gasteiger partial charge in [-0.15, -0.1) is 0 Å². The van der Waals surface area contributed by atoms with Crippen molar-refractivity contribution in [2.75, 3.05) is 12.1 Å². The topological polar surface area (TPSA) is 134 Å². The molecule has 2 fully saturated rings. The van der Waals surface area contributed by atoms with E-state index in [4.69, 9.17) is 28.6 Å². The van der Waals surface area contributed by atoms with Gasteiger partial charge in [-0.05, 0) is 32.0 Å². The molecule has 4 heterocycles. The monoisotopic (exact) mass is 393 g/mol. The van der Waals surface area contributed by atoms with E-state index >= 15 is 0 Å². The van der Waals surface area contributed by atoms with Gasteiger partial charge in [-0.3, -0.25) is 15.3 Å². The van der Waals surface area contributed by atoms with Crippen LogP contribution in [0.4, 0.5) is 5.82 Å². The zero-order valence-corrected chi connectivity index (χ0v) is 15.1.